The van der Waals surface area contributed by atoms with Crippen molar-refractivity contribution in [3.05, 3.63) is 69.7 Å². The van der Waals surface area contributed by atoms with E-state index >= 15 is 0 Å². The van der Waals surface area contributed by atoms with Crippen LogP contribution in [0.3, 0.4) is 0 Å². The molecule has 0 heterocycles. The van der Waals surface area contributed by atoms with E-state index in [2.05, 4.69) is 15.9 Å². The summed E-state index contributed by atoms with van der Waals surface area (Å²) >= 11 is 3.51. The summed E-state index contributed by atoms with van der Waals surface area (Å²) in [4.78, 5) is 14.1. The van der Waals surface area contributed by atoms with E-state index in [1.165, 1.54) is 0 Å². The monoisotopic (exact) mass is 346 g/mol. The van der Waals surface area contributed by atoms with Crippen molar-refractivity contribution in [3.63, 3.8) is 0 Å². The van der Waals surface area contributed by atoms with Crippen LogP contribution in [0.5, 0.6) is 0 Å². The molecule has 0 aliphatic heterocycles. The summed E-state index contributed by atoms with van der Waals surface area (Å²) in [6, 6.07) is 15.6. The highest BCUT2D eigenvalue weighted by Gasteiger charge is 2.13. The zero-order chi connectivity index (χ0) is 15.2. The minimum atomic E-state index is 0.0186. The Kier molecular flexibility index (Phi) is 5.53. The lowest BCUT2D eigenvalue weighted by molar-refractivity contribution is 0.0785. The van der Waals surface area contributed by atoms with Gasteiger partial charge in [0.15, 0.2) is 0 Å². The molecule has 4 heteroatoms. The predicted molar refractivity (Wildman–Crippen MR) is 89.1 cm³/mol. The highest BCUT2D eigenvalue weighted by atomic mass is 79.9. The molecular weight excluding hydrogens is 328 g/mol. The van der Waals surface area contributed by atoms with Crippen molar-refractivity contribution in [1.29, 1.82) is 0 Å². The lowest BCUT2D eigenvalue weighted by atomic mass is 10.1. The molecule has 0 bridgehead atoms. The number of carbonyl (C=O) groups is 1. The van der Waals surface area contributed by atoms with Crippen molar-refractivity contribution in [2.75, 3.05) is 13.6 Å². The standard InChI is InChI=1S/C17H19BrN2O/c1-20(12-15-4-2-3-5-16(15)18)17(21)14-8-6-13(7-9-14)10-11-19/h2-9H,10-12,19H2,1H3. The average molecular weight is 347 g/mol. The molecule has 110 valence electrons. The quantitative estimate of drug-likeness (QED) is 0.903. The fourth-order valence-corrected chi connectivity index (χ4v) is 2.57. The lowest BCUT2D eigenvalue weighted by Gasteiger charge is -2.18. The second-order valence-corrected chi connectivity index (χ2v) is 5.84. The van der Waals surface area contributed by atoms with E-state index < -0.39 is 0 Å². The number of benzene rings is 2. The Morgan fingerprint density at radius 2 is 1.81 bits per heavy atom. The van der Waals surface area contributed by atoms with Gasteiger partial charge >= 0.3 is 0 Å². The maximum Gasteiger partial charge on any atom is 0.253 e. The van der Waals surface area contributed by atoms with Gasteiger partial charge in [-0.1, -0.05) is 46.3 Å². The molecule has 0 aromatic heterocycles. The SMILES string of the molecule is CN(Cc1ccccc1Br)C(=O)c1ccc(CCN)cc1. The van der Waals surface area contributed by atoms with Gasteiger partial charge in [0, 0.05) is 23.6 Å². The maximum absolute atomic E-state index is 12.4. The first-order valence-corrected chi connectivity index (χ1v) is 7.69. The van der Waals surface area contributed by atoms with Gasteiger partial charge in [-0.05, 0) is 42.3 Å². The van der Waals surface area contributed by atoms with Crippen LogP contribution in [0.4, 0.5) is 0 Å². The zero-order valence-corrected chi connectivity index (χ0v) is 13.6. The van der Waals surface area contributed by atoms with E-state index in [1.807, 2.05) is 55.6 Å². The van der Waals surface area contributed by atoms with Crippen LogP contribution in [0, 0.1) is 0 Å². The first-order chi connectivity index (χ1) is 10.1. The van der Waals surface area contributed by atoms with Gasteiger partial charge in [0.1, 0.15) is 0 Å². The maximum atomic E-state index is 12.4. The molecule has 2 rings (SSSR count). The smallest absolute Gasteiger partial charge is 0.253 e. The number of hydrogen-bond donors (Lipinski definition) is 1. The van der Waals surface area contributed by atoms with Crippen molar-refractivity contribution in [2.45, 2.75) is 13.0 Å². The summed E-state index contributed by atoms with van der Waals surface area (Å²) in [7, 11) is 1.82. The van der Waals surface area contributed by atoms with Crippen LogP contribution in [0.2, 0.25) is 0 Å². The molecule has 3 nitrogen and oxygen atoms in total. The number of hydrogen-bond acceptors (Lipinski definition) is 2. The van der Waals surface area contributed by atoms with Gasteiger partial charge < -0.3 is 10.6 Å². The van der Waals surface area contributed by atoms with E-state index in [1.54, 1.807) is 4.90 Å². The van der Waals surface area contributed by atoms with Gasteiger partial charge in [0.05, 0.1) is 0 Å². The molecule has 0 saturated heterocycles. The summed E-state index contributed by atoms with van der Waals surface area (Å²) in [5.74, 6) is 0.0186. The molecule has 0 aliphatic carbocycles. The molecule has 2 N–H and O–H groups in total. The van der Waals surface area contributed by atoms with Crippen LogP contribution in [0.15, 0.2) is 53.0 Å². The molecule has 0 fully saturated rings. The largest absolute Gasteiger partial charge is 0.337 e. The summed E-state index contributed by atoms with van der Waals surface area (Å²) in [5, 5.41) is 0. The molecule has 2 aromatic rings. The van der Waals surface area contributed by atoms with Gasteiger partial charge in [-0.2, -0.15) is 0 Å². The van der Waals surface area contributed by atoms with E-state index in [9.17, 15) is 4.79 Å². The topological polar surface area (TPSA) is 46.3 Å². The van der Waals surface area contributed by atoms with Crippen LogP contribution in [0.1, 0.15) is 21.5 Å². The molecule has 21 heavy (non-hydrogen) atoms. The van der Waals surface area contributed by atoms with Gasteiger partial charge in [0.2, 0.25) is 0 Å². The Morgan fingerprint density at radius 1 is 1.14 bits per heavy atom. The van der Waals surface area contributed by atoms with Crippen molar-refractivity contribution in [2.24, 2.45) is 5.73 Å². The number of nitrogens with zero attached hydrogens (tertiary/aromatic N) is 1. The van der Waals surface area contributed by atoms with Crippen LogP contribution in [-0.2, 0) is 13.0 Å². The predicted octanol–water partition coefficient (Wildman–Crippen LogP) is 3.22. The molecule has 2 aromatic carbocycles. The van der Waals surface area contributed by atoms with Gasteiger partial charge in [0.25, 0.3) is 5.91 Å². The Hall–Kier alpha value is -1.65. The molecule has 1 amide bonds. The molecule has 0 unspecified atom stereocenters. The zero-order valence-electron chi connectivity index (χ0n) is 12.1. The van der Waals surface area contributed by atoms with Gasteiger partial charge in [-0.3, -0.25) is 4.79 Å². The van der Waals surface area contributed by atoms with Crippen LogP contribution in [-0.4, -0.2) is 24.4 Å². The second-order valence-electron chi connectivity index (χ2n) is 4.99. The third-order valence-electron chi connectivity index (χ3n) is 3.35. The molecule has 0 aliphatic rings. The summed E-state index contributed by atoms with van der Waals surface area (Å²) in [6.45, 7) is 1.19. The van der Waals surface area contributed by atoms with Gasteiger partial charge in [-0.15, -0.1) is 0 Å². The van der Waals surface area contributed by atoms with Crippen LogP contribution in [0.25, 0.3) is 0 Å². The Bertz CT molecular complexity index is 610. The number of halogens is 1. The molecule has 0 saturated carbocycles. The van der Waals surface area contributed by atoms with E-state index in [4.69, 9.17) is 5.73 Å². The van der Waals surface area contributed by atoms with Crippen LogP contribution >= 0.6 is 15.9 Å². The Balaban J connectivity index is 2.07. The third kappa shape index (κ3) is 4.16. The Labute approximate surface area is 133 Å². The second kappa shape index (κ2) is 7.38. The van der Waals surface area contributed by atoms with E-state index in [0.717, 1.165) is 22.0 Å². The minimum absolute atomic E-state index is 0.0186. The molecule has 0 spiro atoms. The fraction of sp³-hybridized carbons (Fsp3) is 0.235. The van der Waals surface area contributed by atoms with Crippen molar-refractivity contribution < 1.29 is 4.79 Å². The summed E-state index contributed by atoms with van der Waals surface area (Å²) < 4.78 is 1.02. The normalized spacial score (nSPS) is 10.4. The fourth-order valence-electron chi connectivity index (χ4n) is 2.15. The third-order valence-corrected chi connectivity index (χ3v) is 4.12. The van der Waals surface area contributed by atoms with Crippen LogP contribution < -0.4 is 5.73 Å². The minimum Gasteiger partial charge on any atom is -0.337 e. The van der Waals surface area contributed by atoms with E-state index in [0.29, 0.717) is 18.7 Å². The lowest BCUT2D eigenvalue weighted by Crippen LogP contribution is -2.26. The Morgan fingerprint density at radius 3 is 2.43 bits per heavy atom. The van der Waals surface area contributed by atoms with Crippen molar-refractivity contribution in [1.82, 2.24) is 4.90 Å². The van der Waals surface area contributed by atoms with Crippen molar-refractivity contribution in [3.8, 4) is 0 Å². The number of nitrogens with two attached hydrogens (primary N) is 1. The number of rotatable bonds is 5. The first kappa shape index (κ1) is 15.7. The van der Waals surface area contributed by atoms with Crippen molar-refractivity contribution >= 4 is 21.8 Å². The average Bonchev–Trinajstić information content (AvgIpc) is 2.50. The molecular formula is C17H19BrN2O. The summed E-state index contributed by atoms with van der Waals surface area (Å²) in [5.41, 5.74) is 8.47. The number of amides is 1. The molecule has 0 radical (unpaired) electrons. The molecule has 0 atom stereocenters. The summed E-state index contributed by atoms with van der Waals surface area (Å²) in [6.07, 6.45) is 0.835. The van der Waals surface area contributed by atoms with Gasteiger partial charge in [-0.25, -0.2) is 0 Å². The number of carbonyl (C=O) groups excluding carboxylic acids is 1. The van der Waals surface area contributed by atoms with E-state index in [-0.39, 0.29) is 5.91 Å². The highest BCUT2D eigenvalue weighted by molar-refractivity contribution is 9.10. The first-order valence-electron chi connectivity index (χ1n) is 6.89. The highest BCUT2D eigenvalue weighted by Crippen LogP contribution is 2.18.